The van der Waals surface area contributed by atoms with Crippen molar-refractivity contribution in [3.05, 3.63) is 78.6 Å². The summed E-state index contributed by atoms with van der Waals surface area (Å²) in [5, 5.41) is 0. The predicted octanol–water partition coefficient (Wildman–Crippen LogP) is 2.97. The van der Waals surface area contributed by atoms with Crippen molar-refractivity contribution < 1.29 is 36.6 Å². The summed E-state index contributed by atoms with van der Waals surface area (Å²) in [7, 11) is -2.67. The first-order valence-electron chi connectivity index (χ1n) is 10.4. The molecule has 0 saturated carbocycles. The van der Waals surface area contributed by atoms with Gasteiger partial charge in [0, 0.05) is 5.69 Å². The highest BCUT2D eigenvalue weighted by Crippen LogP contribution is 2.33. The van der Waals surface area contributed by atoms with Gasteiger partial charge in [0.15, 0.2) is 6.61 Å². The van der Waals surface area contributed by atoms with Crippen LogP contribution in [0.4, 0.5) is 15.8 Å². The molecule has 0 aromatic heterocycles. The Hall–Kier alpha value is -4.12. The molecule has 0 unspecified atom stereocenters. The molecule has 0 spiro atoms. The molecule has 1 atom stereocenters. The number of ether oxygens (including phenoxy) is 3. The van der Waals surface area contributed by atoms with Crippen LogP contribution in [0.25, 0.3) is 0 Å². The second kappa shape index (κ2) is 10.0. The van der Waals surface area contributed by atoms with Crippen LogP contribution in [0.3, 0.4) is 0 Å². The van der Waals surface area contributed by atoms with E-state index in [4.69, 9.17) is 14.2 Å². The molecule has 1 aliphatic rings. The van der Waals surface area contributed by atoms with Crippen molar-refractivity contribution in [2.24, 2.45) is 0 Å². The fourth-order valence-corrected chi connectivity index (χ4v) is 4.45. The lowest BCUT2D eigenvalue weighted by Gasteiger charge is -2.33. The first-order valence-corrected chi connectivity index (χ1v) is 11.9. The SMILES string of the molecule is COC(=O)[C@@H]1CN(C(=O)COc2ccc(S(=O)(=O)Nc3ccc(F)cc3)cc2)c2ccccc2O1. The minimum atomic E-state index is -3.90. The summed E-state index contributed by atoms with van der Waals surface area (Å²) in [5.41, 5.74) is 0.711. The van der Waals surface area contributed by atoms with Crippen molar-refractivity contribution >= 4 is 33.3 Å². The third-order valence-corrected chi connectivity index (χ3v) is 6.53. The zero-order chi connectivity index (χ0) is 25.0. The molecule has 1 heterocycles. The van der Waals surface area contributed by atoms with Crippen LogP contribution in [0, 0.1) is 5.82 Å². The molecular formula is C24H21FN2O7S. The number of amides is 1. The van der Waals surface area contributed by atoms with E-state index in [0.717, 1.165) is 12.1 Å². The average Bonchev–Trinajstić information content (AvgIpc) is 2.87. The van der Waals surface area contributed by atoms with Crippen LogP contribution in [0.2, 0.25) is 0 Å². The van der Waals surface area contributed by atoms with Gasteiger partial charge in [0.2, 0.25) is 6.10 Å². The first kappa shape index (κ1) is 24.0. The summed E-state index contributed by atoms with van der Waals surface area (Å²) in [6, 6.07) is 17.2. The monoisotopic (exact) mass is 500 g/mol. The lowest BCUT2D eigenvalue weighted by molar-refractivity contribution is -0.148. The normalized spacial score (nSPS) is 14.9. The molecule has 3 aromatic rings. The number of sulfonamides is 1. The number of fused-ring (bicyclic) bond motifs is 1. The number of hydrogen-bond acceptors (Lipinski definition) is 7. The molecule has 1 aliphatic heterocycles. The molecule has 9 nitrogen and oxygen atoms in total. The zero-order valence-corrected chi connectivity index (χ0v) is 19.3. The van der Waals surface area contributed by atoms with Gasteiger partial charge in [-0.15, -0.1) is 0 Å². The number of carbonyl (C=O) groups excluding carboxylic acids is 2. The number of carbonyl (C=O) groups is 2. The van der Waals surface area contributed by atoms with E-state index >= 15 is 0 Å². The number of halogens is 1. The van der Waals surface area contributed by atoms with Gasteiger partial charge >= 0.3 is 5.97 Å². The lowest BCUT2D eigenvalue weighted by Crippen LogP contribution is -2.48. The fourth-order valence-electron chi connectivity index (χ4n) is 3.39. The summed E-state index contributed by atoms with van der Waals surface area (Å²) in [4.78, 5) is 26.2. The molecule has 0 aliphatic carbocycles. The maximum atomic E-state index is 13.0. The van der Waals surface area contributed by atoms with Crippen molar-refractivity contribution in [3.63, 3.8) is 0 Å². The summed E-state index contributed by atoms with van der Waals surface area (Å²) in [6.07, 6.45) is -0.975. The van der Waals surface area contributed by atoms with Crippen LogP contribution < -0.4 is 19.1 Å². The number of esters is 1. The van der Waals surface area contributed by atoms with Crippen molar-refractivity contribution in [2.75, 3.05) is 29.9 Å². The third kappa shape index (κ3) is 5.52. The fraction of sp³-hybridized carbons (Fsp3) is 0.167. The zero-order valence-electron chi connectivity index (χ0n) is 18.5. The number of anilines is 2. The molecule has 1 N–H and O–H groups in total. The van der Waals surface area contributed by atoms with Crippen molar-refractivity contribution in [3.8, 4) is 11.5 Å². The second-order valence-electron chi connectivity index (χ2n) is 7.47. The summed E-state index contributed by atoms with van der Waals surface area (Å²) >= 11 is 0. The molecular weight excluding hydrogens is 479 g/mol. The number of benzene rings is 3. The van der Waals surface area contributed by atoms with E-state index in [9.17, 15) is 22.4 Å². The Morgan fingerprint density at radius 2 is 1.74 bits per heavy atom. The van der Waals surface area contributed by atoms with E-state index in [-0.39, 0.29) is 29.5 Å². The minimum absolute atomic E-state index is 0.0384. The molecule has 3 aromatic carbocycles. The van der Waals surface area contributed by atoms with E-state index in [1.807, 2.05) is 0 Å². The standard InChI is InChI=1S/C24H21FN2O7S/c1-32-24(29)22-14-27(20-4-2-3-5-21(20)34-22)23(28)15-33-18-10-12-19(13-11-18)35(30,31)26-17-8-6-16(25)7-9-17/h2-13,22,26H,14-15H2,1H3/t22-/m0/s1. The Balaban J connectivity index is 1.42. The van der Waals surface area contributed by atoms with Gasteiger partial charge in [0.1, 0.15) is 17.3 Å². The summed E-state index contributed by atoms with van der Waals surface area (Å²) < 4.78 is 56.4. The van der Waals surface area contributed by atoms with Gasteiger partial charge in [0.25, 0.3) is 15.9 Å². The van der Waals surface area contributed by atoms with Gasteiger partial charge < -0.3 is 19.1 Å². The molecule has 182 valence electrons. The Morgan fingerprint density at radius 1 is 1.06 bits per heavy atom. The Bertz CT molecular complexity index is 1330. The molecule has 1 amide bonds. The molecule has 0 radical (unpaired) electrons. The number of hydrogen-bond donors (Lipinski definition) is 1. The quantitative estimate of drug-likeness (QED) is 0.497. The highest BCUT2D eigenvalue weighted by atomic mass is 32.2. The van der Waals surface area contributed by atoms with E-state index < -0.39 is 33.8 Å². The van der Waals surface area contributed by atoms with Crippen molar-refractivity contribution in [2.45, 2.75) is 11.0 Å². The van der Waals surface area contributed by atoms with Gasteiger partial charge in [-0.1, -0.05) is 12.1 Å². The molecule has 0 saturated heterocycles. The van der Waals surface area contributed by atoms with Crippen LogP contribution in [-0.4, -0.2) is 46.7 Å². The molecule has 0 bridgehead atoms. The number of rotatable bonds is 7. The predicted molar refractivity (Wildman–Crippen MR) is 124 cm³/mol. The first-order chi connectivity index (χ1) is 16.8. The largest absolute Gasteiger partial charge is 0.484 e. The summed E-state index contributed by atoms with van der Waals surface area (Å²) in [6.45, 7) is -0.403. The summed E-state index contributed by atoms with van der Waals surface area (Å²) in [5.74, 6) is -0.880. The smallest absolute Gasteiger partial charge is 0.348 e. The van der Waals surface area contributed by atoms with E-state index in [2.05, 4.69) is 4.72 Å². The van der Waals surface area contributed by atoms with Crippen LogP contribution in [0.5, 0.6) is 11.5 Å². The van der Waals surface area contributed by atoms with Gasteiger partial charge in [-0.3, -0.25) is 9.52 Å². The third-order valence-electron chi connectivity index (χ3n) is 5.13. The van der Waals surface area contributed by atoms with Crippen LogP contribution in [0.1, 0.15) is 0 Å². The van der Waals surface area contributed by atoms with Crippen LogP contribution in [-0.2, 0) is 24.3 Å². The lowest BCUT2D eigenvalue weighted by atomic mass is 10.2. The van der Waals surface area contributed by atoms with Gasteiger partial charge in [-0.05, 0) is 60.7 Å². The Kier molecular flexibility index (Phi) is 6.87. The van der Waals surface area contributed by atoms with Crippen LogP contribution in [0.15, 0.2) is 77.7 Å². The number of nitrogens with one attached hydrogen (secondary N) is 1. The molecule has 0 fully saturated rings. The van der Waals surface area contributed by atoms with Crippen LogP contribution >= 0.6 is 0 Å². The number of nitrogens with zero attached hydrogens (tertiary/aromatic N) is 1. The van der Waals surface area contributed by atoms with Crippen molar-refractivity contribution in [1.82, 2.24) is 0 Å². The van der Waals surface area contributed by atoms with Gasteiger partial charge in [0.05, 0.1) is 24.2 Å². The maximum absolute atomic E-state index is 13.0. The molecule has 35 heavy (non-hydrogen) atoms. The highest BCUT2D eigenvalue weighted by molar-refractivity contribution is 7.92. The number of methoxy groups -OCH3 is 1. The molecule has 4 rings (SSSR count). The number of para-hydroxylation sites is 2. The Morgan fingerprint density at radius 3 is 2.43 bits per heavy atom. The topological polar surface area (TPSA) is 111 Å². The second-order valence-corrected chi connectivity index (χ2v) is 9.16. The van der Waals surface area contributed by atoms with Crippen molar-refractivity contribution in [1.29, 1.82) is 0 Å². The maximum Gasteiger partial charge on any atom is 0.348 e. The average molecular weight is 501 g/mol. The highest BCUT2D eigenvalue weighted by Gasteiger charge is 2.34. The van der Waals surface area contributed by atoms with Gasteiger partial charge in [-0.25, -0.2) is 17.6 Å². The van der Waals surface area contributed by atoms with E-state index in [1.165, 1.54) is 48.4 Å². The van der Waals surface area contributed by atoms with E-state index in [0.29, 0.717) is 11.4 Å². The Labute approximate surface area is 201 Å². The van der Waals surface area contributed by atoms with E-state index in [1.54, 1.807) is 24.3 Å². The molecule has 11 heteroatoms. The minimum Gasteiger partial charge on any atom is -0.484 e. The van der Waals surface area contributed by atoms with Gasteiger partial charge in [-0.2, -0.15) is 0 Å².